The van der Waals surface area contributed by atoms with Gasteiger partial charge in [0.05, 0.1) is 7.59 Å². The summed E-state index contributed by atoms with van der Waals surface area (Å²) in [5.41, 5.74) is 0. The first kappa shape index (κ1) is 16.6. The smallest absolute Gasteiger partial charge is 0.0946 e. The lowest BCUT2D eigenvalue weighted by atomic mass is 10.6. The highest BCUT2D eigenvalue weighted by Crippen LogP contribution is 2.46. The zero-order valence-corrected chi connectivity index (χ0v) is 17.8. The average Bonchev–Trinajstić information content (AvgIpc) is 2.03. The minimum Gasteiger partial charge on any atom is -0.0946 e. The van der Waals surface area contributed by atoms with Crippen molar-refractivity contribution in [1.82, 2.24) is 0 Å². The van der Waals surface area contributed by atoms with Crippen molar-refractivity contribution in [3.63, 3.8) is 0 Å². The Bertz CT molecular complexity index is 140. The lowest BCUT2D eigenvalue weighted by Gasteiger charge is -2.37. The van der Waals surface area contributed by atoms with E-state index in [1.54, 1.807) is 18.1 Å². The molecule has 0 saturated carbocycles. The van der Waals surface area contributed by atoms with Crippen molar-refractivity contribution in [2.45, 2.75) is 58.2 Å². The molecule has 0 amide bonds. The van der Waals surface area contributed by atoms with Gasteiger partial charge in [0.2, 0.25) is 0.0813 Å². The van der Waals surface area contributed by atoms with Gasteiger partial charge in [0.1, 0.15) is 0 Å². The van der Waals surface area contributed by atoms with E-state index in [0.717, 1.165) is 0 Å². The average molecular weight is 566 g/mol. The molecular formula is C9H21I3Si2. The van der Waals surface area contributed by atoms with E-state index in [0.29, 0.717) is 0 Å². The van der Waals surface area contributed by atoms with Gasteiger partial charge in [0.15, 0.2) is 0 Å². The van der Waals surface area contributed by atoms with Crippen LogP contribution < -0.4 is 0 Å². The molecule has 0 aliphatic heterocycles. The topological polar surface area (TPSA) is 0 Å². The number of halogens is 3. The molecule has 0 N–H and O–H groups in total. The van der Waals surface area contributed by atoms with Crippen molar-refractivity contribution in [2.24, 2.45) is 0 Å². The third-order valence-electron chi connectivity index (χ3n) is 2.79. The van der Waals surface area contributed by atoms with Gasteiger partial charge >= 0.3 is 0 Å². The third kappa shape index (κ3) is 4.86. The first-order chi connectivity index (χ1) is 6.43. The quantitative estimate of drug-likeness (QED) is 0.202. The molecule has 0 unspecified atom stereocenters. The molecule has 86 valence electrons. The Balaban J connectivity index is 4.73. The Morgan fingerprint density at radius 3 is 1.14 bits per heavy atom. The second-order valence-corrected chi connectivity index (χ2v) is 56.8. The summed E-state index contributed by atoms with van der Waals surface area (Å²) in [6.45, 7) is 7.12. The van der Waals surface area contributed by atoms with E-state index >= 15 is 0 Å². The van der Waals surface area contributed by atoms with E-state index in [-0.39, 0.29) is 0 Å². The predicted octanol–water partition coefficient (Wildman–Crippen LogP) is 5.99. The van der Waals surface area contributed by atoms with Crippen molar-refractivity contribution >= 4 is 73.1 Å². The summed E-state index contributed by atoms with van der Waals surface area (Å²) in [5.74, 6) is 0. The fourth-order valence-electron chi connectivity index (χ4n) is 2.24. The highest BCUT2D eigenvalue weighted by atomic mass is 127. The lowest BCUT2D eigenvalue weighted by Crippen LogP contribution is -2.50. The molecular weight excluding hydrogens is 545 g/mol. The lowest BCUT2D eigenvalue weighted by molar-refractivity contribution is 0.947. The molecule has 0 aromatic rings. The molecule has 0 rings (SSSR count). The van der Waals surface area contributed by atoms with E-state index < -0.39 is 7.67 Å². The molecule has 0 saturated heterocycles. The maximum absolute atomic E-state index is 2.84. The van der Waals surface area contributed by atoms with Crippen LogP contribution in [0.25, 0.3) is 0 Å². The molecule has 0 fully saturated rings. The summed E-state index contributed by atoms with van der Waals surface area (Å²) in [4.78, 5) is 0. The van der Waals surface area contributed by atoms with E-state index in [9.17, 15) is 0 Å². The van der Waals surface area contributed by atoms with Crippen molar-refractivity contribution in [3.8, 4) is 0 Å². The van der Waals surface area contributed by atoms with E-state index in [1.165, 1.54) is 19.3 Å². The summed E-state index contributed by atoms with van der Waals surface area (Å²) >= 11 is 8.51. The Morgan fingerprint density at radius 1 is 0.714 bits per heavy atom. The first-order valence-corrected chi connectivity index (χ1v) is 20.5. The van der Waals surface area contributed by atoms with Crippen LogP contribution in [0.4, 0.5) is 0 Å². The summed E-state index contributed by atoms with van der Waals surface area (Å²) < 4.78 is -0.951. The van der Waals surface area contributed by atoms with Crippen molar-refractivity contribution in [1.29, 1.82) is 0 Å². The summed E-state index contributed by atoms with van der Waals surface area (Å²) in [6, 6.07) is 4.74. The molecule has 5 heteroatoms. The molecule has 0 spiro atoms. The molecule has 0 heterocycles. The van der Waals surface area contributed by atoms with Crippen LogP contribution in [-0.4, -0.2) is 7.67 Å². The van der Waals surface area contributed by atoms with Crippen LogP contribution in [0.3, 0.4) is 0 Å². The molecule has 14 heavy (non-hydrogen) atoms. The zero-order chi connectivity index (χ0) is 11.2. The van der Waals surface area contributed by atoms with Crippen LogP contribution in [0, 0.1) is 0 Å². The SMILES string of the molecule is CCC[Si](CCC)(CCC)[Si](I)(I)I. The van der Waals surface area contributed by atoms with Gasteiger partial charge in [-0.2, -0.15) is 0 Å². The van der Waals surface area contributed by atoms with Gasteiger partial charge in [-0.05, 0) is 0 Å². The molecule has 0 aromatic heterocycles. The third-order valence-corrected chi connectivity index (χ3v) is 45.1. The second-order valence-electron chi connectivity index (χ2n) is 4.03. The normalized spacial score (nSPS) is 13.3. The van der Waals surface area contributed by atoms with Crippen LogP contribution in [0.1, 0.15) is 40.0 Å². The van der Waals surface area contributed by atoms with Gasteiger partial charge < -0.3 is 0 Å². The summed E-state index contributed by atoms with van der Waals surface area (Å²) in [6.07, 6.45) is 4.24. The highest BCUT2D eigenvalue weighted by molar-refractivity contribution is 14.4. The Kier molecular flexibility index (Phi) is 9.33. The molecule has 0 radical (unpaired) electrons. The maximum Gasteiger partial charge on any atom is 0.241 e. The van der Waals surface area contributed by atoms with Gasteiger partial charge in [-0.15, -0.1) is 0 Å². The van der Waals surface area contributed by atoms with Crippen LogP contribution in [0.5, 0.6) is 0 Å². The number of hydrogen-bond acceptors (Lipinski definition) is 0. The van der Waals surface area contributed by atoms with E-state index in [2.05, 4.69) is 86.2 Å². The molecule has 0 nitrogen and oxygen atoms in total. The first-order valence-electron chi connectivity index (χ1n) is 5.50. The second kappa shape index (κ2) is 7.86. The van der Waals surface area contributed by atoms with Crippen LogP contribution in [0.2, 0.25) is 18.1 Å². The van der Waals surface area contributed by atoms with Crippen molar-refractivity contribution in [3.05, 3.63) is 0 Å². The molecule has 0 atom stereocenters. The van der Waals surface area contributed by atoms with Gasteiger partial charge in [-0.1, -0.05) is 124 Å². The Morgan fingerprint density at radius 2 is 1.00 bits per heavy atom. The van der Waals surface area contributed by atoms with Gasteiger partial charge in [0, 0.05) is 0 Å². The molecule has 0 aliphatic rings. The number of hydrogen-bond donors (Lipinski definition) is 0. The fourth-order valence-corrected chi connectivity index (χ4v) is 33.4. The standard InChI is InChI=1S/C9H21I3Si2/c1-4-7-13(8-5-2,9-6-3)14(10,11)12/h4-9H2,1-3H3. The monoisotopic (exact) mass is 566 g/mol. The summed E-state index contributed by atoms with van der Waals surface area (Å²) in [5, 5.41) is 0. The Labute approximate surface area is 129 Å². The fraction of sp³-hybridized carbons (Fsp3) is 1.00. The van der Waals surface area contributed by atoms with Crippen LogP contribution in [-0.2, 0) is 0 Å². The molecule has 0 aliphatic carbocycles. The van der Waals surface area contributed by atoms with Gasteiger partial charge in [-0.25, -0.2) is 0 Å². The van der Waals surface area contributed by atoms with Gasteiger partial charge in [-0.3, -0.25) is 0 Å². The van der Waals surface area contributed by atoms with Crippen LogP contribution in [0.15, 0.2) is 0 Å². The zero-order valence-electron chi connectivity index (χ0n) is 9.38. The van der Waals surface area contributed by atoms with Crippen molar-refractivity contribution in [2.75, 3.05) is 0 Å². The molecule has 0 aromatic carbocycles. The summed E-state index contributed by atoms with van der Waals surface area (Å²) in [7, 11) is -0.898. The van der Waals surface area contributed by atoms with E-state index in [4.69, 9.17) is 0 Å². The number of rotatable bonds is 7. The predicted molar refractivity (Wildman–Crippen MR) is 98.9 cm³/mol. The Hall–Kier alpha value is 2.62. The maximum atomic E-state index is 2.84. The van der Waals surface area contributed by atoms with Crippen molar-refractivity contribution < 1.29 is 0 Å². The minimum atomic E-state index is -0.951. The highest BCUT2D eigenvalue weighted by Gasteiger charge is 2.48. The molecule has 0 bridgehead atoms. The van der Waals surface area contributed by atoms with Gasteiger partial charge in [0.25, 0.3) is 0 Å². The van der Waals surface area contributed by atoms with Crippen LogP contribution >= 0.6 is 65.4 Å². The minimum absolute atomic E-state index is 0.898. The largest absolute Gasteiger partial charge is 0.241 e. The van der Waals surface area contributed by atoms with E-state index in [1.807, 2.05) is 0 Å².